The number of hydrogen-bond acceptors (Lipinski definition) is 6. The summed E-state index contributed by atoms with van der Waals surface area (Å²) in [6.07, 6.45) is 0.660. The number of Topliss-reactive ketones (excluding diaryl/α,β-unsaturated/α-hetero) is 1. The number of carbonyl (C=O) groups is 2. The van der Waals surface area contributed by atoms with E-state index in [0.29, 0.717) is 55.2 Å². The number of likely N-dealkylation sites (tertiary alicyclic amines) is 1. The van der Waals surface area contributed by atoms with Gasteiger partial charge in [0, 0.05) is 31.7 Å². The molecular formula is C27H31FN2O5. The minimum atomic E-state index is -0.800. The fourth-order valence-corrected chi connectivity index (χ4v) is 4.70. The van der Waals surface area contributed by atoms with Gasteiger partial charge < -0.3 is 19.5 Å². The average Bonchev–Trinajstić information content (AvgIpc) is 3.10. The van der Waals surface area contributed by atoms with Crippen LogP contribution in [-0.2, 0) is 14.3 Å². The Labute approximate surface area is 204 Å². The first-order valence-electron chi connectivity index (χ1n) is 12.0. The number of hydrogen-bond donors (Lipinski definition) is 1. The largest absolute Gasteiger partial charge is 0.507 e. The van der Waals surface area contributed by atoms with Crippen LogP contribution in [0.5, 0.6) is 5.75 Å². The Hall–Kier alpha value is -3.23. The van der Waals surface area contributed by atoms with E-state index >= 15 is 0 Å². The highest BCUT2D eigenvalue weighted by Gasteiger charge is 2.46. The molecule has 0 aromatic heterocycles. The van der Waals surface area contributed by atoms with Crippen LogP contribution in [0.4, 0.5) is 4.39 Å². The zero-order chi connectivity index (χ0) is 24.9. The summed E-state index contributed by atoms with van der Waals surface area (Å²) in [5, 5.41) is 11.3. The number of amides is 1. The topological polar surface area (TPSA) is 79.3 Å². The summed E-state index contributed by atoms with van der Waals surface area (Å²) in [6, 6.07) is 10.1. The molecule has 1 atom stereocenters. The lowest BCUT2D eigenvalue weighted by atomic mass is 9.94. The average molecular weight is 483 g/mol. The molecule has 1 unspecified atom stereocenters. The van der Waals surface area contributed by atoms with Crippen molar-refractivity contribution in [2.75, 3.05) is 46.0 Å². The molecule has 0 saturated carbocycles. The number of aliphatic hydroxyl groups excluding tert-OH is 1. The third-order valence-corrected chi connectivity index (χ3v) is 6.47. The summed E-state index contributed by atoms with van der Waals surface area (Å²) in [5.41, 5.74) is 1.75. The molecule has 35 heavy (non-hydrogen) atoms. The molecule has 2 aliphatic rings. The fraction of sp³-hybridized carbons (Fsp3) is 0.407. The third-order valence-electron chi connectivity index (χ3n) is 6.47. The highest BCUT2D eigenvalue weighted by atomic mass is 19.1. The maximum atomic E-state index is 13.7. The van der Waals surface area contributed by atoms with E-state index in [-0.39, 0.29) is 11.3 Å². The summed E-state index contributed by atoms with van der Waals surface area (Å²) in [7, 11) is 0. The van der Waals surface area contributed by atoms with Gasteiger partial charge in [0.05, 0.1) is 31.4 Å². The smallest absolute Gasteiger partial charge is 0.295 e. The Bertz CT molecular complexity index is 1110. The second-order valence-corrected chi connectivity index (χ2v) is 8.76. The SMILES string of the molecule is CCOc1ccc(/C(O)=C2\C(=O)C(=O)N(CCCN3CCOCC3)C2c2ccc(F)cc2)c(C)c1. The zero-order valence-corrected chi connectivity index (χ0v) is 20.1. The molecule has 2 aromatic rings. The number of nitrogens with zero attached hydrogens (tertiary/aromatic N) is 2. The van der Waals surface area contributed by atoms with E-state index in [1.165, 1.54) is 17.0 Å². The summed E-state index contributed by atoms with van der Waals surface area (Å²) in [5.74, 6) is -1.41. The summed E-state index contributed by atoms with van der Waals surface area (Å²) in [6.45, 7) is 8.32. The highest BCUT2D eigenvalue weighted by Crippen LogP contribution is 2.40. The maximum Gasteiger partial charge on any atom is 0.295 e. The van der Waals surface area contributed by atoms with Crippen molar-refractivity contribution >= 4 is 17.4 Å². The van der Waals surface area contributed by atoms with Crippen molar-refractivity contribution in [3.63, 3.8) is 0 Å². The van der Waals surface area contributed by atoms with Crippen molar-refractivity contribution in [3.05, 3.63) is 70.5 Å². The van der Waals surface area contributed by atoms with Gasteiger partial charge in [0.15, 0.2) is 0 Å². The quantitative estimate of drug-likeness (QED) is 0.351. The van der Waals surface area contributed by atoms with E-state index in [2.05, 4.69) is 4.90 Å². The van der Waals surface area contributed by atoms with Crippen LogP contribution in [0.2, 0.25) is 0 Å². The first-order chi connectivity index (χ1) is 16.9. The van der Waals surface area contributed by atoms with Crippen molar-refractivity contribution < 1.29 is 28.6 Å². The van der Waals surface area contributed by atoms with Gasteiger partial charge in [-0.25, -0.2) is 4.39 Å². The molecule has 4 rings (SSSR count). The predicted octanol–water partition coefficient (Wildman–Crippen LogP) is 3.68. The lowest BCUT2D eigenvalue weighted by Gasteiger charge is -2.29. The molecule has 0 radical (unpaired) electrons. The van der Waals surface area contributed by atoms with Gasteiger partial charge in [0.2, 0.25) is 0 Å². The molecule has 8 heteroatoms. The molecule has 0 spiro atoms. The maximum absolute atomic E-state index is 13.7. The van der Waals surface area contributed by atoms with Crippen LogP contribution in [0.1, 0.15) is 36.1 Å². The molecule has 0 bridgehead atoms. The van der Waals surface area contributed by atoms with Gasteiger partial charge in [-0.1, -0.05) is 12.1 Å². The van der Waals surface area contributed by atoms with E-state index in [4.69, 9.17) is 9.47 Å². The van der Waals surface area contributed by atoms with Crippen LogP contribution < -0.4 is 4.74 Å². The molecule has 186 valence electrons. The van der Waals surface area contributed by atoms with Crippen LogP contribution >= 0.6 is 0 Å². The van der Waals surface area contributed by atoms with Crippen LogP contribution in [0, 0.1) is 12.7 Å². The Kier molecular flexibility index (Phi) is 7.83. The number of ether oxygens (including phenoxy) is 2. The Balaban J connectivity index is 1.68. The van der Waals surface area contributed by atoms with Crippen molar-refractivity contribution in [1.29, 1.82) is 0 Å². The molecular weight excluding hydrogens is 451 g/mol. The first kappa shape index (κ1) is 24.9. The highest BCUT2D eigenvalue weighted by molar-refractivity contribution is 6.46. The first-order valence-corrected chi connectivity index (χ1v) is 12.0. The van der Waals surface area contributed by atoms with E-state index in [0.717, 1.165) is 19.6 Å². The number of carbonyl (C=O) groups excluding carboxylic acids is 2. The van der Waals surface area contributed by atoms with Gasteiger partial charge >= 0.3 is 0 Å². The van der Waals surface area contributed by atoms with E-state index in [9.17, 15) is 19.1 Å². The fourth-order valence-electron chi connectivity index (χ4n) is 4.70. The third kappa shape index (κ3) is 5.39. The minimum absolute atomic E-state index is 0.0141. The van der Waals surface area contributed by atoms with Gasteiger partial charge in [0.1, 0.15) is 17.3 Å². The minimum Gasteiger partial charge on any atom is -0.507 e. The standard InChI is InChI=1S/C27H31FN2O5/c1-3-35-21-9-10-22(18(2)17-21)25(31)23-24(19-5-7-20(28)8-6-19)30(27(33)26(23)32)12-4-11-29-13-15-34-16-14-29/h5-10,17,24,31H,3-4,11-16H2,1-2H3/b25-23+. The van der Waals surface area contributed by atoms with Crippen molar-refractivity contribution in [2.24, 2.45) is 0 Å². The van der Waals surface area contributed by atoms with Crippen molar-refractivity contribution in [2.45, 2.75) is 26.3 Å². The number of aryl methyl sites for hydroxylation is 1. The zero-order valence-electron chi connectivity index (χ0n) is 20.1. The molecule has 2 heterocycles. The second-order valence-electron chi connectivity index (χ2n) is 8.76. The van der Waals surface area contributed by atoms with Gasteiger partial charge in [-0.05, 0) is 61.7 Å². The molecule has 2 aromatic carbocycles. The van der Waals surface area contributed by atoms with Crippen LogP contribution in [-0.4, -0.2) is 72.6 Å². The molecule has 2 aliphatic heterocycles. The van der Waals surface area contributed by atoms with Crippen molar-refractivity contribution in [1.82, 2.24) is 9.80 Å². The Morgan fingerprint density at radius 2 is 1.83 bits per heavy atom. The Morgan fingerprint density at radius 1 is 1.11 bits per heavy atom. The summed E-state index contributed by atoms with van der Waals surface area (Å²) >= 11 is 0. The second kappa shape index (κ2) is 11.0. The Morgan fingerprint density at radius 3 is 2.49 bits per heavy atom. The predicted molar refractivity (Wildman–Crippen MR) is 130 cm³/mol. The number of aliphatic hydroxyl groups is 1. The number of ketones is 1. The number of halogens is 1. The van der Waals surface area contributed by atoms with Crippen LogP contribution in [0.15, 0.2) is 48.0 Å². The van der Waals surface area contributed by atoms with E-state index in [1.54, 1.807) is 30.3 Å². The van der Waals surface area contributed by atoms with E-state index < -0.39 is 23.5 Å². The molecule has 2 fully saturated rings. The molecule has 1 N–H and O–H groups in total. The number of morpholine rings is 1. The summed E-state index contributed by atoms with van der Waals surface area (Å²) < 4.78 is 24.6. The number of rotatable bonds is 8. The number of benzene rings is 2. The normalized spacial score (nSPS) is 20.4. The van der Waals surface area contributed by atoms with E-state index in [1.807, 2.05) is 13.8 Å². The lowest BCUT2D eigenvalue weighted by molar-refractivity contribution is -0.140. The molecule has 0 aliphatic carbocycles. The molecule has 1 amide bonds. The monoisotopic (exact) mass is 482 g/mol. The molecule has 7 nitrogen and oxygen atoms in total. The van der Waals surface area contributed by atoms with Crippen molar-refractivity contribution in [3.8, 4) is 5.75 Å². The van der Waals surface area contributed by atoms with Gasteiger partial charge in [-0.3, -0.25) is 14.5 Å². The van der Waals surface area contributed by atoms with Gasteiger partial charge in [0.25, 0.3) is 11.7 Å². The van der Waals surface area contributed by atoms with Gasteiger partial charge in [-0.2, -0.15) is 0 Å². The van der Waals surface area contributed by atoms with Crippen LogP contribution in [0.25, 0.3) is 5.76 Å². The van der Waals surface area contributed by atoms with Crippen LogP contribution in [0.3, 0.4) is 0 Å². The molecule has 2 saturated heterocycles. The van der Waals surface area contributed by atoms with Gasteiger partial charge in [-0.15, -0.1) is 0 Å². The summed E-state index contributed by atoms with van der Waals surface area (Å²) in [4.78, 5) is 30.1. The lowest BCUT2D eigenvalue weighted by Crippen LogP contribution is -2.38.